The van der Waals surface area contributed by atoms with Crippen LogP contribution in [0.25, 0.3) is 16.7 Å². The lowest BCUT2D eigenvalue weighted by Crippen LogP contribution is -2.17. The number of hydrogen-bond donors (Lipinski definition) is 2. The monoisotopic (exact) mass is 411 g/mol. The van der Waals surface area contributed by atoms with Crippen LogP contribution in [0.3, 0.4) is 0 Å². The Morgan fingerprint density at radius 1 is 1.21 bits per heavy atom. The highest BCUT2D eigenvalue weighted by Crippen LogP contribution is 2.28. The normalized spacial score (nSPS) is 12.2. The van der Waals surface area contributed by atoms with Gasteiger partial charge in [0.25, 0.3) is 5.56 Å². The van der Waals surface area contributed by atoms with Crippen LogP contribution in [0.2, 0.25) is 5.02 Å². The van der Waals surface area contributed by atoms with Gasteiger partial charge in [-0.3, -0.25) is 9.78 Å². The van der Waals surface area contributed by atoms with Crippen LogP contribution < -0.4 is 10.9 Å². The van der Waals surface area contributed by atoms with Gasteiger partial charge in [-0.15, -0.1) is 0 Å². The number of nitrogens with one attached hydrogen (secondary N) is 2. The summed E-state index contributed by atoms with van der Waals surface area (Å²) in [6, 6.07) is 17.4. The number of fused-ring (bicyclic) bond motifs is 1. The van der Waals surface area contributed by atoms with Crippen LogP contribution in [-0.2, 0) is 0 Å². The van der Waals surface area contributed by atoms with E-state index in [0.29, 0.717) is 28.5 Å². The van der Waals surface area contributed by atoms with Gasteiger partial charge in [-0.25, -0.2) is 4.68 Å². The van der Waals surface area contributed by atoms with Crippen molar-refractivity contribution in [3.63, 3.8) is 0 Å². The molecule has 0 bridgehead atoms. The average molecular weight is 412 g/mol. The maximum absolute atomic E-state index is 12.5. The van der Waals surface area contributed by atoms with E-state index in [1.165, 1.54) is 6.20 Å². The summed E-state index contributed by atoms with van der Waals surface area (Å²) in [6.07, 6.45) is 3.58. The van der Waals surface area contributed by atoms with Crippen LogP contribution >= 0.6 is 23.4 Å². The van der Waals surface area contributed by atoms with E-state index >= 15 is 0 Å². The molecule has 6 nitrogen and oxygen atoms in total. The summed E-state index contributed by atoms with van der Waals surface area (Å²) < 4.78 is 1.67. The summed E-state index contributed by atoms with van der Waals surface area (Å²) in [4.78, 5) is 19.8. The van der Waals surface area contributed by atoms with Gasteiger partial charge >= 0.3 is 0 Å². The summed E-state index contributed by atoms with van der Waals surface area (Å²) in [5, 5.41) is 8.89. The molecule has 142 valence electrons. The molecular weight excluding hydrogens is 394 g/mol. The average Bonchev–Trinajstić information content (AvgIpc) is 3.14. The lowest BCUT2D eigenvalue weighted by molar-refractivity contribution is 0.891. The summed E-state index contributed by atoms with van der Waals surface area (Å²) in [7, 11) is 0. The second-order valence-corrected chi connectivity index (χ2v) is 7.68. The zero-order chi connectivity index (χ0) is 19.5. The molecule has 0 aliphatic carbocycles. The van der Waals surface area contributed by atoms with Gasteiger partial charge in [0.1, 0.15) is 5.39 Å². The van der Waals surface area contributed by atoms with Gasteiger partial charge in [0.15, 0.2) is 5.65 Å². The van der Waals surface area contributed by atoms with Gasteiger partial charge in [0, 0.05) is 16.8 Å². The maximum Gasteiger partial charge on any atom is 0.263 e. The largest absolute Gasteiger partial charge is 0.354 e. The number of rotatable bonds is 6. The second-order valence-electron chi connectivity index (χ2n) is 6.20. The first-order valence-electron chi connectivity index (χ1n) is 8.71. The van der Waals surface area contributed by atoms with Crippen LogP contribution in [0, 0.1) is 0 Å². The van der Waals surface area contributed by atoms with Crippen LogP contribution in [0.5, 0.6) is 0 Å². The summed E-state index contributed by atoms with van der Waals surface area (Å²) in [5.41, 5.74) is 2.26. The SMILES string of the molecule is CSC(CNc1nc2c(cnn2-c2ccccc2)c(=O)[nH]1)c1cccc(Cl)c1. The molecule has 2 aromatic carbocycles. The van der Waals surface area contributed by atoms with Gasteiger partial charge in [0.2, 0.25) is 5.95 Å². The number of thioether (sulfide) groups is 1. The minimum atomic E-state index is -0.224. The molecule has 28 heavy (non-hydrogen) atoms. The lowest BCUT2D eigenvalue weighted by atomic mass is 10.1. The van der Waals surface area contributed by atoms with E-state index in [1.807, 2.05) is 60.9 Å². The third-order valence-corrected chi connectivity index (χ3v) is 5.64. The molecule has 2 aromatic heterocycles. The number of halogens is 1. The molecule has 0 aliphatic rings. The van der Waals surface area contributed by atoms with E-state index in [4.69, 9.17) is 11.6 Å². The fourth-order valence-corrected chi connectivity index (χ4v) is 3.86. The third-order valence-electron chi connectivity index (χ3n) is 4.40. The molecule has 4 rings (SSSR count). The molecule has 0 saturated carbocycles. The van der Waals surface area contributed by atoms with E-state index in [2.05, 4.69) is 20.4 Å². The van der Waals surface area contributed by atoms with Crippen LogP contribution in [-0.4, -0.2) is 32.5 Å². The van der Waals surface area contributed by atoms with Crippen molar-refractivity contribution in [3.8, 4) is 5.69 Å². The Kier molecular flexibility index (Phi) is 5.36. The fourth-order valence-electron chi connectivity index (χ4n) is 2.99. The number of aromatic nitrogens is 4. The molecule has 0 radical (unpaired) electrons. The van der Waals surface area contributed by atoms with E-state index in [0.717, 1.165) is 11.3 Å². The Bertz CT molecular complexity index is 1160. The summed E-state index contributed by atoms with van der Waals surface area (Å²) in [5.74, 6) is 0.413. The van der Waals surface area contributed by atoms with E-state index in [1.54, 1.807) is 16.4 Å². The fraction of sp³-hybridized carbons (Fsp3) is 0.150. The van der Waals surface area contributed by atoms with Crippen molar-refractivity contribution in [3.05, 3.63) is 81.7 Å². The Morgan fingerprint density at radius 2 is 2.04 bits per heavy atom. The lowest BCUT2D eigenvalue weighted by Gasteiger charge is -2.16. The minimum Gasteiger partial charge on any atom is -0.354 e. The molecule has 0 aliphatic heterocycles. The van der Waals surface area contributed by atoms with E-state index in [-0.39, 0.29) is 10.8 Å². The second kappa shape index (κ2) is 8.08. The minimum absolute atomic E-state index is 0.165. The predicted molar refractivity (Wildman–Crippen MR) is 116 cm³/mol. The smallest absolute Gasteiger partial charge is 0.263 e. The zero-order valence-corrected chi connectivity index (χ0v) is 16.7. The van der Waals surface area contributed by atoms with Crippen LogP contribution in [0.4, 0.5) is 5.95 Å². The Labute approximate surface area is 171 Å². The molecule has 1 atom stereocenters. The van der Waals surface area contributed by atoms with Crippen molar-refractivity contribution < 1.29 is 0 Å². The molecule has 2 N–H and O–H groups in total. The van der Waals surface area contributed by atoms with Crippen molar-refractivity contribution in [2.75, 3.05) is 18.1 Å². The summed E-state index contributed by atoms with van der Waals surface area (Å²) in [6.45, 7) is 0.593. The van der Waals surface area contributed by atoms with Gasteiger partial charge < -0.3 is 5.32 Å². The number of anilines is 1. The molecule has 0 saturated heterocycles. The molecule has 1 unspecified atom stereocenters. The standard InChI is InChI=1S/C20H18ClN5OS/c1-28-17(13-6-5-7-14(21)10-13)12-22-20-24-18-16(19(27)25-20)11-23-26(18)15-8-3-2-4-9-15/h2-11,17H,12H2,1H3,(H2,22,24,25,27). The topological polar surface area (TPSA) is 75.6 Å². The number of benzene rings is 2. The number of nitrogens with zero attached hydrogens (tertiary/aromatic N) is 3. The van der Waals surface area contributed by atoms with Gasteiger partial charge in [-0.05, 0) is 36.1 Å². The molecular formula is C20H18ClN5OS. The first-order valence-corrected chi connectivity index (χ1v) is 10.4. The van der Waals surface area contributed by atoms with Crippen molar-refractivity contribution in [2.45, 2.75) is 5.25 Å². The number of aromatic amines is 1. The highest BCUT2D eigenvalue weighted by Gasteiger charge is 2.14. The molecule has 2 heterocycles. The molecule has 0 amide bonds. The van der Waals surface area contributed by atoms with Crippen LogP contribution in [0.1, 0.15) is 10.8 Å². The van der Waals surface area contributed by atoms with Gasteiger partial charge in [-0.1, -0.05) is 41.9 Å². The summed E-state index contributed by atoms with van der Waals surface area (Å²) >= 11 is 7.82. The maximum atomic E-state index is 12.5. The van der Waals surface area contributed by atoms with Gasteiger partial charge in [-0.2, -0.15) is 21.8 Å². The number of para-hydroxylation sites is 1. The number of hydrogen-bond acceptors (Lipinski definition) is 5. The van der Waals surface area contributed by atoms with Gasteiger partial charge in [0.05, 0.1) is 11.9 Å². The van der Waals surface area contributed by atoms with Crippen LogP contribution in [0.15, 0.2) is 65.6 Å². The third kappa shape index (κ3) is 3.76. The highest BCUT2D eigenvalue weighted by molar-refractivity contribution is 7.98. The van der Waals surface area contributed by atoms with Crippen molar-refractivity contribution in [1.82, 2.24) is 19.7 Å². The Balaban J connectivity index is 1.63. The molecule has 8 heteroatoms. The highest BCUT2D eigenvalue weighted by atomic mass is 35.5. The predicted octanol–water partition coefficient (Wildman–Crippen LogP) is 4.28. The van der Waals surface area contributed by atoms with E-state index in [9.17, 15) is 4.79 Å². The van der Waals surface area contributed by atoms with Crippen molar-refractivity contribution in [2.24, 2.45) is 0 Å². The zero-order valence-electron chi connectivity index (χ0n) is 15.1. The van der Waals surface area contributed by atoms with Crippen molar-refractivity contribution in [1.29, 1.82) is 0 Å². The first-order chi connectivity index (χ1) is 13.7. The quantitative estimate of drug-likeness (QED) is 0.495. The molecule has 0 spiro atoms. The Hall–Kier alpha value is -2.77. The van der Waals surface area contributed by atoms with E-state index < -0.39 is 0 Å². The van der Waals surface area contributed by atoms with Crippen molar-refractivity contribution >= 4 is 40.3 Å². The number of H-pyrrole nitrogens is 1. The molecule has 0 fully saturated rings. The Morgan fingerprint density at radius 3 is 2.79 bits per heavy atom. The molecule has 4 aromatic rings. The first kappa shape index (κ1) is 18.6.